The number of hydrogen-bond acceptors (Lipinski definition) is 6. The predicted molar refractivity (Wildman–Crippen MR) is 175 cm³/mol. The standard InChI is InChI=1S/C35H36FN7O2/c1-22-12-13-26(34(44)40-28-17-27(36)18-29(19-28)42-14-8-5-9-15-42)16-31(22)41-33-32-23(2)30(20-43(32)38-21-37-33)35(45)39-24(3)25-10-6-4-7-11-25/h4,6-7,10-13,16-21,24H,5,8-9,14-15H2,1-3H3,(H,39,45)(H,40,44)(H,37,38,41). The molecule has 9 nitrogen and oxygen atoms in total. The molecule has 0 bridgehead atoms. The molecule has 1 saturated heterocycles. The summed E-state index contributed by atoms with van der Waals surface area (Å²) in [4.78, 5) is 33.2. The number of anilines is 4. The lowest BCUT2D eigenvalue weighted by Crippen LogP contribution is -2.29. The van der Waals surface area contributed by atoms with E-state index in [9.17, 15) is 14.0 Å². The van der Waals surface area contributed by atoms with E-state index in [1.54, 1.807) is 22.8 Å². The van der Waals surface area contributed by atoms with Gasteiger partial charge in [0, 0.05) is 41.9 Å². The molecule has 2 aromatic heterocycles. The molecule has 5 aromatic rings. The van der Waals surface area contributed by atoms with Gasteiger partial charge in [-0.05, 0) is 87.1 Å². The minimum Gasteiger partial charge on any atom is -0.371 e. The van der Waals surface area contributed by atoms with E-state index >= 15 is 0 Å². The van der Waals surface area contributed by atoms with Crippen molar-refractivity contribution < 1.29 is 14.0 Å². The van der Waals surface area contributed by atoms with Crippen LogP contribution in [0.1, 0.15) is 69.6 Å². The molecule has 0 spiro atoms. The Labute approximate surface area is 261 Å². The van der Waals surface area contributed by atoms with Crippen LogP contribution in [0.4, 0.5) is 27.3 Å². The molecule has 1 fully saturated rings. The van der Waals surface area contributed by atoms with Crippen molar-refractivity contribution in [3.05, 3.63) is 113 Å². The summed E-state index contributed by atoms with van der Waals surface area (Å²) in [5.74, 6) is -0.463. The summed E-state index contributed by atoms with van der Waals surface area (Å²) >= 11 is 0. The first-order chi connectivity index (χ1) is 21.8. The lowest BCUT2D eigenvalue weighted by atomic mass is 10.1. The molecule has 45 heavy (non-hydrogen) atoms. The molecule has 1 aliphatic rings. The molecule has 1 atom stereocenters. The summed E-state index contributed by atoms with van der Waals surface area (Å²) in [6.07, 6.45) is 6.42. The Morgan fingerprint density at radius 2 is 1.71 bits per heavy atom. The van der Waals surface area contributed by atoms with Gasteiger partial charge in [0.2, 0.25) is 0 Å². The molecule has 2 amide bonds. The highest BCUT2D eigenvalue weighted by atomic mass is 19.1. The lowest BCUT2D eigenvalue weighted by molar-refractivity contribution is 0.0938. The van der Waals surface area contributed by atoms with Crippen LogP contribution in [0.5, 0.6) is 0 Å². The van der Waals surface area contributed by atoms with Crippen LogP contribution in [0.2, 0.25) is 0 Å². The van der Waals surface area contributed by atoms with Gasteiger partial charge in [-0.2, -0.15) is 5.10 Å². The van der Waals surface area contributed by atoms with Crippen LogP contribution in [0.15, 0.2) is 79.3 Å². The highest BCUT2D eigenvalue weighted by molar-refractivity contribution is 6.05. The van der Waals surface area contributed by atoms with Gasteiger partial charge in [-0.3, -0.25) is 9.59 Å². The van der Waals surface area contributed by atoms with Crippen molar-refractivity contribution in [1.29, 1.82) is 0 Å². The van der Waals surface area contributed by atoms with Crippen LogP contribution < -0.4 is 20.9 Å². The van der Waals surface area contributed by atoms with Crippen LogP contribution in [-0.4, -0.2) is 39.5 Å². The lowest BCUT2D eigenvalue weighted by Gasteiger charge is -2.29. The summed E-state index contributed by atoms with van der Waals surface area (Å²) in [5.41, 5.74) is 6.00. The molecule has 3 aromatic carbocycles. The van der Waals surface area contributed by atoms with E-state index in [1.165, 1.54) is 24.9 Å². The number of nitrogens with zero attached hydrogens (tertiary/aromatic N) is 4. The molecule has 230 valence electrons. The molecule has 0 saturated carbocycles. The zero-order chi connectivity index (χ0) is 31.5. The van der Waals surface area contributed by atoms with E-state index in [-0.39, 0.29) is 17.9 Å². The minimum atomic E-state index is -0.391. The predicted octanol–water partition coefficient (Wildman–Crippen LogP) is 6.96. The Hall–Kier alpha value is -5.25. The summed E-state index contributed by atoms with van der Waals surface area (Å²) in [6, 6.07) is 19.6. The molecular formula is C35H36FN7O2. The number of rotatable bonds is 8. The van der Waals surface area contributed by atoms with Crippen LogP contribution in [-0.2, 0) is 0 Å². The first-order valence-corrected chi connectivity index (χ1v) is 15.2. The molecule has 3 heterocycles. The SMILES string of the molecule is Cc1ccc(C(=O)Nc2cc(F)cc(N3CCCCC3)c2)cc1Nc1ncnn2cc(C(=O)NC(C)c3ccccc3)c(C)c12. The quantitative estimate of drug-likeness (QED) is 0.177. The van der Waals surface area contributed by atoms with Crippen LogP contribution in [0.25, 0.3) is 5.52 Å². The van der Waals surface area contributed by atoms with Gasteiger partial charge < -0.3 is 20.9 Å². The van der Waals surface area contributed by atoms with Crippen molar-refractivity contribution in [2.75, 3.05) is 28.6 Å². The second-order valence-electron chi connectivity index (χ2n) is 11.5. The van der Waals surface area contributed by atoms with E-state index < -0.39 is 5.82 Å². The van der Waals surface area contributed by atoms with Crippen molar-refractivity contribution in [3.8, 4) is 0 Å². The number of hydrogen-bond donors (Lipinski definition) is 3. The van der Waals surface area contributed by atoms with E-state index in [2.05, 4.69) is 30.9 Å². The van der Waals surface area contributed by atoms with Gasteiger partial charge >= 0.3 is 0 Å². The van der Waals surface area contributed by atoms with Crippen molar-refractivity contribution in [3.63, 3.8) is 0 Å². The third-order valence-corrected chi connectivity index (χ3v) is 8.33. The van der Waals surface area contributed by atoms with Gasteiger partial charge in [0.25, 0.3) is 11.8 Å². The minimum absolute atomic E-state index is 0.176. The molecule has 3 N–H and O–H groups in total. The van der Waals surface area contributed by atoms with Gasteiger partial charge in [0.15, 0.2) is 5.82 Å². The molecule has 1 unspecified atom stereocenters. The second kappa shape index (κ2) is 12.8. The molecule has 10 heteroatoms. The number of nitrogens with one attached hydrogen (secondary N) is 3. The highest BCUT2D eigenvalue weighted by Gasteiger charge is 2.21. The monoisotopic (exact) mass is 605 g/mol. The number of fused-ring (bicyclic) bond motifs is 1. The molecule has 1 aliphatic heterocycles. The number of amides is 2. The largest absolute Gasteiger partial charge is 0.371 e. The Kier molecular flexibility index (Phi) is 8.46. The highest BCUT2D eigenvalue weighted by Crippen LogP contribution is 2.29. The van der Waals surface area contributed by atoms with Gasteiger partial charge in [-0.15, -0.1) is 0 Å². The topological polar surface area (TPSA) is 104 Å². The third-order valence-electron chi connectivity index (χ3n) is 8.33. The van der Waals surface area contributed by atoms with Crippen molar-refractivity contribution >= 4 is 40.2 Å². The van der Waals surface area contributed by atoms with Crippen molar-refractivity contribution in [2.24, 2.45) is 0 Å². The van der Waals surface area contributed by atoms with Crippen LogP contribution >= 0.6 is 0 Å². The normalized spacial score (nSPS) is 13.8. The first-order valence-electron chi connectivity index (χ1n) is 15.2. The number of carbonyl (C=O) groups is 2. The molecule has 0 aliphatic carbocycles. The maximum atomic E-state index is 14.5. The van der Waals surface area contributed by atoms with E-state index in [4.69, 9.17) is 0 Å². The van der Waals surface area contributed by atoms with Crippen molar-refractivity contribution in [1.82, 2.24) is 19.9 Å². The summed E-state index contributed by atoms with van der Waals surface area (Å²) in [5, 5.41) is 13.6. The Morgan fingerprint density at radius 1 is 0.933 bits per heavy atom. The van der Waals surface area contributed by atoms with Gasteiger partial charge in [0.1, 0.15) is 17.7 Å². The van der Waals surface area contributed by atoms with E-state index in [1.807, 2.05) is 63.2 Å². The summed E-state index contributed by atoms with van der Waals surface area (Å²) in [7, 11) is 0. The Morgan fingerprint density at radius 3 is 2.49 bits per heavy atom. The fraction of sp³-hybridized carbons (Fsp3) is 0.257. The number of piperidine rings is 1. The zero-order valence-corrected chi connectivity index (χ0v) is 25.6. The average Bonchev–Trinajstić information content (AvgIpc) is 3.39. The first kappa shape index (κ1) is 29.8. The number of halogens is 1. The molecular weight excluding hydrogens is 569 g/mol. The zero-order valence-electron chi connectivity index (χ0n) is 25.6. The van der Waals surface area contributed by atoms with Gasteiger partial charge in [-0.1, -0.05) is 36.4 Å². The van der Waals surface area contributed by atoms with Gasteiger partial charge in [-0.25, -0.2) is 13.9 Å². The van der Waals surface area contributed by atoms with Crippen LogP contribution in [0.3, 0.4) is 0 Å². The van der Waals surface area contributed by atoms with E-state index in [0.29, 0.717) is 33.8 Å². The fourth-order valence-corrected chi connectivity index (χ4v) is 5.79. The Bertz CT molecular complexity index is 1870. The summed E-state index contributed by atoms with van der Waals surface area (Å²) < 4.78 is 16.1. The van der Waals surface area contributed by atoms with Crippen LogP contribution in [0, 0.1) is 19.7 Å². The van der Waals surface area contributed by atoms with Crippen molar-refractivity contribution in [2.45, 2.75) is 46.1 Å². The average molecular weight is 606 g/mol. The van der Waals surface area contributed by atoms with E-state index in [0.717, 1.165) is 48.3 Å². The smallest absolute Gasteiger partial charge is 0.255 e. The third kappa shape index (κ3) is 6.50. The maximum absolute atomic E-state index is 14.5. The number of aryl methyl sites for hydroxylation is 2. The van der Waals surface area contributed by atoms with Gasteiger partial charge in [0.05, 0.1) is 11.6 Å². The number of benzene rings is 3. The number of aromatic nitrogens is 3. The number of carbonyl (C=O) groups excluding carboxylic acids is 2. The molecule has 0 radical (unpaired) electrons. The Balaban J connectivity index is 1.22. The second-order valence-corrected chi connectivity index (χ2v) is 11.5. The maximum Gasteiger partial charge on any atom is 0.255 e. The molecule has 6 rings (SSSR count). The summed E-state index contributed by atoms with van der Waals surface area (Å²) in [6.45, 7) is 7.48. The fourth-order valence-electron chi connectivity index (χ4n) is 5.79.